The van der Waals surface area contributed by atoms with Crippen LogP contribution in [0.4, 0.5) is 0 Å². The summed E-state index contributed by atoms with van der Waals surface area (Å²) in [6.45, 7) is 4.02. The summed E-state index contributed by atoms with van der Waals surface area (Å²) in [5.41, 5.74) is 0. The Morgan fingerprint density at radius 1 is 1.50 bits per heavy atom. The van der Waals surface area contributed by atoms with Crippen molar-refractivity contribution >= 4 is 0 Å². The molecule has 2 aliphatic heterocycles. The molecule has 4 atom stereocenters. The SMILES string of the molecule is CC[C@@H]1O[C@]2(C)CC[C@H](O)[C@@H]1O2. The Balaban J connectivity index is 2.15. The van der Waals surface area contributed by atoms with Gasteiger partial charge in [-0.2, -0.15) is 0 Å². The molecule has 2 rings (SSSR count). The average molecular weight is 172 g/mol. The number of ether oxygens (including phenoxy) is 2. The normalized spacial score (nSPS) is 52.8. The first-order valence-electron chi connectivity index (χ1n) is 4.68. The summed E-state index contributed by atoms with van der Waals surface area (Å²) in [5, 5.41) is 9.61. The van der Waals surface area contributed by atoms with Crippen LogP contribution in [0.3, 0.4) is 0 Å². The predicted molar refractivity (Wildman–Crippen MR) is 43.7 cm³/mol. The van der Waals surface area contributed by atoms with E-state index in [0.29, 0.717) is 0 Å². The molecule has 0 spiro atoms. The monoisotopic (exact) mass is 172 g/mol. The molecule has 1 N–H and O–H groups in total. The highest BCUT2D eigenvalue weighted by molar-refractivity contribution is 4.92. The lowest BCUT2D eigenvalue weighted by Crippen LogP contribution is -2.40. The Labute approximate surface area is 72.7 Å². The van der Waals surface area contributed by atoms with Gasteiger partial charge in [-0.3, -0.25) is 0 Å². The third-order valence-electron chi connectivity index (χ3n) is 2.83. The molecule has 0 aromatic heterocycles. The molecule has 3 nitrogen and oxygen atoms in total. The van der Waals surface area contributed by atoms with Gasteiger partial charge < -0.3 is 14.6 Å². The van der Waals surface area contributed by atoms with Gasteiger partial charge in [-0.25, -0.2) is 0 Å². The van der Waals surface area contributed by atoms with Gasteiger partial charge in [0.05, 0.1) is 12.2 Å². The number of aliphatic hydroxyl groups excluding tert-OH is 1. The van der Waals surface area contributed by atoms with Crippen LogP contribution in [0.2, 0.25) is 0 Å². The van der Waals surface area contributed by atoms with Crippen LogP contribution >= 0.6 is 0 Å². The zero-order chi connectivity index (χ0) is 8.77. The van der Waals surface area contributed by atoms with Crippen LogP contribution in [0.15, 0.2) is 0 Å². The summed E-state index contributed by atoms with van der Waals surface area (Å²) in [6.07, 6.45) is 2.20. The number of hydrogen-bond donors (Lipinski definition) is 1. The van der Waals surface area contributed by atoms with E-state index in [4.69, 9.17) is 9.47 Å². The Morgan fingerprint density at radius 3 is 2.92 bits per heavy atom. The van der Waals surface area contributed by atoms with Crippen molar-refractivity contribution in [3.63, 3.8) is 0 Å². The van der Waals surface area contributed by atoms with Crippen LogP contribution < -0.4 is 0 Å². The van der Waals surface area contributed by atoms with E-state index in [2.05, 4.69) is 6.92 Å². The lowest BCUT2D eigenvalue weighted by atomic mass is 9.99. The summed E-state index contributed by atoms with van der Waals surface area (Å²) in [4.78, 5) is 0. The fourth-order valence-corrected chi connectivity index (χ4v) is 2.11. The maximum atomic E-state index is 9.61. The number of aliphatic hydroxyl groups is 1. The standard InChI is InChI=1S/C9H16O3/c1-3-7-8-6(10)4-5-9(2,11-7)12-8/h6-8,10H,3-5H2,1-2H3/t6-,7-,8-,9-/m0/s1. The van der Waals surface area contributed by atoms with Crippen molar-refractivity contribution in [3.05, 3.63) is 0 Å². The van der Waals surface area contributed by atoms with Crippen LogP contribution in [0, 0.1) is 0 Å². The maximum Gasteiger partial charge on any atom is 0.166 e. The van der Waals surface area contributed by atoms with Gasteiger partial charge in [-0.15, -0.1) is 0 Å². The first-order chi connectivity index (χ1) is 5.64. The molecule has 0 radical (unpaired) electrons. The third-order valence-corrected chi connectivity index (χ3v) is 2.83. The largest absolute Gasteiger partial charge is 0.390 e. The van der Waals surface area contributed by atoms with Crippen molar-refractivity contribution in [2.45, 2.75) is 57.2 Å². The summed E-state index contributed by atoms with van der Waals surface area (Å²) >= 11 is 0. The maximum absolute atomic E-state index is 9.61. The highest BCUT2D eigenvalue weighted by atomic mass is 16.8. The van der Waals surface area contributed by atoms with Crippen molar-refractivity contribution in [2.75, 3.05) is 0 Å². The van der Waals surface area contributed by atoms with E-state index in [-0.39, 0.29) is 18.3 Å². The summed E-state index contributed by atoms with van der Waals surface area (Å²) in [5.74, 6) is -0.412. The quantitative estimate of drug-likeness (QED) is 0.642. The Hall–Kier alpha value is -0.120. The smallest absolute Gasteiger partial charge is 0.166 e. The van der Waals surface area contributed by atoms with Gasteiger partial charge in [0.2, 0.25) is 0 Å². The number of fused-ring (bicyclic) bond motifs is 2. The van der Waals surface area contributed by atoms with Crippen molar-refractivity contribution in [3.8, 4) is 0 Å². The van der Waals surface area contributed by atoms with Crippen LogP contribution in [-0.2, 0) is 9.47 Å². The Kier molecular flexibility index (Phi) is 1.90. The first kappa shape index (κ1) is 8.48. The molecule has 0 amide bonds. The predicted octanol–water partition coefficient (Wildman–Crippen LogP) is 1.05. The molecule has 0 aromatic carbocycles. The van der Waals surface area contributed by atoms with E-state index in [1.807, 2.05) is 6.92 Å². The molecule has 0 unspecified atom stereocenters. The second-order valence-corrected chi connectivity index (χ2v) is 3.89. The Bertz CT molecular complexity index is 179. The molecular formula is C9H16O3. The fourth-order valence-electron chi connectivity index (χ4n) is 2.11. The minimum atomic E-state index is -0.412. The van der Waals surface area contributed by atoms with Crippen LogP contribution in [0.1, 0.15) is 33.1 Å². The molecule has 2 aliphatic rings. The molecule has 2 bridgehead atoms. The molecule has 2 saturated heterocycles. The van der Waals surface area contributed by atoms with E-state index in [1.54, 1.807) is 0 Å². The molecule has 0 saturated carbocycles. The van der Waals surface area contributed by atoms with Gasteiger partial charge >= 0.3 is 0 Å². The second-order valence-electron chi connectivity index (χ2n) is 3.89. The van der Waals surface area contributed by atoms with Gasteiger partial charge in [-0.05, 0) is 19.8 Å². The van der Waals surface area contributed by atoms with Gasteiger partial charge in [0.15, 0.2) is 5.79 Å². The lowest BCUT2D eigenvalue weighted by Gasteiger charge is -2.30. The Morgan fingerprint density at radius 2 is 2.25 bits per heavy atom. The highest BCUT2D eigenvalue weighted by Crippen LogP contribution is 2.40. The van der Waals surface area contributed by atoms with Crippen molar-refractivity contribution in [2.24, 2.45) is 0 Å². The van der Waals surface area contributed by atoms with Crippen LogP contribution in [-0.4, -0.2) is 29.2 Å². The summed E-state index contributed by atoms with van der Waals surface area (Å²) in [7, 11) is 0. The van der Waals surface area contributed by atoms with Crippen molar-refractivity contribution in [1.29, 1.82) is 0 Å². The first-order valence-corrected chi connectivity index (χ1v) is 4.68. The minimum Gasteiger partial charge on any atom is -0.390 e. The lowest BCUT2D eigenvalue weighted by molar-refractivity contribution is -0.197. The molecule has 3 heteroatoms. The van der Waals surface area contributed by atoms with E-state index in [1.165, 1.54) is 0 Å². The second kappa shape index (κ2) is 2.69. The molecule has 70 valence electrons. The van der Waals surface area contributed by atoms with Gasteiger partial charge in [-0.1, -0.05) is 6.92 Å². The van der Waals surface area contributed by atoms with E-state index in [9.17, 15) is 5.11 Å². The zero-order valence-electron chi connectivity index (χ0n) is 7.62. The average Bonchev–Trinajstić information content (AvgIpc) is 2.34. The summed E-state index contributed by atoms with van der Waals surface area (Å²) < 4.78 is 11.3. The topological polar surface area (TPSA) is 38.7 Å². The molecule has 0 aliphatic carbocycles. The van der Waals surface area contributed by atoms with Gasteiger partial charge in [0, 0.05) is 6.42 Å². The molecule has 2 heterocycles. The molecule has 2 fully saturated rings. The van der Waals surface area contributed by atoms with E-state index < -0.39 is 5.79 Å². The molecular weight excluding hydrogens is 156 g/mol. The van der Waals surface area contributed by atoms with Crippen molar-refractivity contribution in [1.82, 2.24) is 0 Å². The number of hydrogen-bond acceptors (Lipinski definition) is 3. The summed E-state index contributed by atoms with van der Waals surface area (Å²) in [6, 6.07) is 0. The third kappa shape index (κ3) is 1.16. The van der Waals surface area contributed by atoms with Crippen LogP contribution in [0.25, 0.3) is 0 Å². The van der Waals surface area contributed by atoms with E-state index >= 15 is 0 Å². The molecule has 0 aromatic rings. The van der Waals surface area contributed by atoms with Gasteiger partial charge in [0.1, 0.15) is 6.10 Å². The van der Waals surface area contributed by atoms with Crippen LogP contribution in [0.5, 0.6) is 0 Å². The van der Waals surface area contributed by atoms with E-state index in [0.717, 1.165) is 19.3 Å². The fraction of sp³-hybridized carbons (Fsp3) is 1.00. The zero-order valence-corrected chi connectivity index (χ0v) is 7.62. The van der Waals surface area contributed by atoms with Crippen molar-refractivity contribution < 1.29 is 14.6 Å². The number of rotatable bonds is 1. The minimum absolute atomic E-state index is 0.0891. The highest BCUT2D eigenvalue weighted by Gasteiger charge is 2.50. The van der Waals surface area contributed by atoms with Gasteiger partial charge in [0.25, 0.3) is 0 Å². The molecule has 12 heavy (non-hydrogen) atoms.